The number of aromatic nitrogens is 1. The predicted octanol–water partition coefficient (Wildman–Crippen LogP) is 2.96. The summed E-state index contributed by atoms with van der Waals surface area (Å²) in [6.45, 7) is 4.04. The van der Waals surface area contributed by atoms with E-state index in [1.54, 1.807) is 0 Å². The van der Waals surface area contributed by atoms with Crippen molar-refractivity contribution < 1.29 is 14.7 Å². The molecular formula is C14H14N2O3S. The maximum atomic E-state index is 12.1. The zero-order valence-corrected chi connectivity index (χ0v) is 12.0. The molecule has 2 aromatic rings. The number of pyridine rings is 1. The summed E-state index contributed by atoms with van der Waals surface area (Å²) in [7, 11) is 0. The number of aromatic carboxylic acids is 1. The molecule has 0 spiro atoms. The Morgan fingerprint density at radius 2 is 2.15 bits per heavy atom. The minimum absolute atomic E-state index is 0.0526. The summed E-state index contributed by atoms with van der Waals surface area (Å²) in [5.41, 5.74) is 1.59. The van der Waals surface area contributed by atoms with Gasteiger partial charge in [-0.3, -0.25) is 4.79 Å². The van der Waals surface area contributed by atoms with Crippen molar-refractivity contribution in [1.82, 2.24) is 4.98 Å². The van der Waals surface area contributed by atoms with Crippen LogP contribution in [0, 0.1) is 6.92 Å². The summed E-state index contributed by atoms with van der Waals surface area (Å²) in [4.78, 5) is 28.3. The maximum absolute atomic E-state index is 12.1. The van der Waals surface area contributed by atoms with Crippen molar-refractivity contribution in [1.29, 1.82) is 0 Å². The van der Waals surface area contributed by atoms with Gasteiger partial charge in [-0.1, -0.05) is 6.92 Å². The first kappa shape index (κ1) is 14.2. The minimum atomic E-state index is -1.09. The predicted molar refractivity (Wildman–Crippen MR) is 77.6 cm³/mol. The van der Waals surface area contributed by atoms with Crippen LogP contribution < -0.4 is 5.32 Å². The van der Waals surface area contributed by atoms with E-state index in [0.717, 1.165) is 11.3 Å². The van der Waals surface area contributed by atoms with Crippen LogP contribution in [0.1, 0.15) is 37.5 Å². The smallest absolute Gasteiger partial charge is 0.354 e. The molecule has 0 aliphatic rings. The average Bonchev–Trinajstić information content (AvgIpc) is 2.80. The molecular weight excluding hydrogens is 276 g/mol. The molecule has 0 unspecified atom stereocenters. The highest BCUT2D eigenvalue weighted by Gasteiger charge is 2.12. The molecule has 2 aromatic heterocycles. The van der Waals surface area contributed by atoms with E-state index in [0.29, 0.717) is 10.6 Å². The Labute approximate surface area is 120 Å². The Balaban J connectivity index is 2.12. The van der Waals surface area contributed by atoms with E-state index in [-0.39, 0.29) is 11.6 Å². The number of hydrogen-bond acceptors (Lipinski definition) is 4. The first-order chi connectivity index (χ1) is 9.51. The lowest BCUT2D eigenvalue weighted by atomic mass is 10.2. The van der Waals surface area contributed by atoms with Crippen LogP contribution >= 0.6 is 11.3 Å². The Hall–Kier alpha value is -2.21. The van der Waals surface area contributed by atoms with Gasteiger partial charge < -0.3 is 10.4 Å². The van der Waals surface area contributed by atoms with Crippen LogP contribution in [0.3, 0.4) is 0 Å². The topological polar surface area (TPSA) is 79.3 Å². The molecule has 0 saturated carbocycles. The summed E-state index contributed by atoms with van der Waals surface area (Å²) < 4.78 is 0. The van der Waals surface area contributed by atoms with Gasteiger partial charge >= 0.3 is 5.97 Å². The summed E-state index contributed by atoms with van der Waals surface area (Å²) in [5, 5.41) is 11.5. The number of carboxylic acid groups (broad SMARTS) is 1. The van der Waals surface area contributed by atoms with E-state index >= 15 is 0 Å². The monoisotopic (exact) mass is 290 g/mol. The van der Waals surface area contributed by atoms with Crippen LogP contribution in [0.2, 0.25) is 0 Å². The largest absolute Gasteiger partial charge is 0.477 e. The number of carbonyl (C=O) groups excluding carboxylic acids is 1. The summed E-state index contributed by atoms with van der Waals surface area (Å²) in [5.74, 6) is -1.30. The molecule has 0 aliphatic heterocycles. The highest BCUT2D eigenvalue weighted by atomic mass is 32.1. The molecule has 6 heteroatoms. The molecule has 1 amide bonds. The molecule has 2 heterocycles. The van der Waals surface area contributed by atoms with Crippen molar-refractivity contribution in [3.8, 4) is 0 Å². The lowest BCUT2D eigenvalue weighted by Gasteiger charge is -2.03. The fourth-order valence-corrected chi connectivity index (χ4v) is 2.78. The van der Waals surface area contributed by atoms with Gasteiger partial charge in [0.15, 0.2) is 0 Å². The second-order valence-corrected chi connectivity index (χ2v) is 5.49. The van der Waals surface area contributed by atoms with Crippen molar-refractivity contribution in [3.05, 3.63) is 45.4 Å². The lowest BCUT2D eigenvalue weighted by molar-refractivity contribution is 0.0690. The van der Waals surface area contributed by atoms with Gasteiger partial charge in [-0.25, -0.2) is 9.78 Å². The summed E-state index contributed by atoms with van der Waals surface area (Å²) >= 11 is 1.45. The molecule has 2 rings (SSSR count). The summed E-state index contributed by atoms with van der Waals surface area (Å²) in [6, 6.07) is 4.76. The Morgan fingerprint density at radius 1 is 1.40 bits per heavy atom. The number of rotatable bonds is 4. The van der Waals surface area contributed by atoms with Gasteiger partial charge in [0.2, 0.25) is 0 Å². The van der Waals surface area contributed by atoms with Crippen LogP contribution in [0.25, 0.3) is 0 Å². The number of nitrogens with zero attached hydrogens (tertiary/aromatic N) is 1. The second-order valence-electron chi connectivity index (χ2n) is 4.24. The van der Waals surface area contributed by atoms with Crippen LogP contribution in [0.15, 0.2) is 24.4 Å². The third-order valence-corrected chi connectivity index (χ3v) is 3.96. The van der Waals surface area contributed by atoms with E-state index in [9.17, 15) is 9.59 Å². The zero-order chi connectivity index (χ0) is 14.7. The third-order valence-electron chi connectivity index (χ3n) is 2.87. The highest BCUT2D eigenvalue weighted by Crippen LogP contribution is 2.23. The number of carbonyl (C=O) groups is 2. The van der Waals surface area contributed by atoms with Crippen LogP contribution in [-0.2, 0) is 6.42 Å². The van der Waals surface area contributed by atoms with Gasteiger partial charge in [-0.15, -0.1) is 11.3 Å². The molecule has 0 fully saturated rings. The Kier molecular flexibility index (Phi) is 4.14. The molecule has 0 aromatic carbocycles. The highest BCUT2D eigenvalue weighted by molar-refractivity contribution is 7.14. The molecule has 0 atom stereocenters. The molecule has 20 heavy (non-hydrogen) atoms. The fourth-order valence-electron chi connectivity index (χ4n) is 1.77. The van der Waals surface area contributed by atoms with Crippen molar-refractivity contribution >= 4 is 28.9 Å². The number of nitrogens with one attached hydrogen (secondary N) is 1. The first-order valence-corrected chi connectivity index (χ1v) is 6.93. The van der Waals surface area contributed by atoms with Crippen molar-refractivity contribution in [2.75, 3.05) is 5.32 Å². The minimum Gasteiger partial charge on any atom is -0.477 e. The van der Waals surface area contributed by atoms with Crippen LogP contribution in [0.5, 0.6) is 0 Å². The quantitative estimate of drug-likeness (QED) is 0.907. The molecule has 0 bridgehead atoms. The van der Waals surface area contributed by atoms with Gasteiger partial charge in [0.25, 0.3) is 5.91 Å². The zero-order valence-electron chi connectivity index (χ0n) is 11.1. The van der Waals surface area contributed by atoms with E-state index in [4.69, 9.17) is 5.11 Å². The van der Waals surface area contributed by atoms with E-state index in [2.05, 4.69) is 10.3 Å². The van der Waals surface area contributed by atoms with Gasteiger partial charge in [0.1, 0.15) is 5.69 Å². The Bertz CT molecular complexity index is 647. The van der Waals surface area contributed by atoms with Crippen molar-refractivity contribution in [3.63, 3.8) is 0 Å². The number of aryl methyl sites for hydroxylation is 2. The van der Waals surface area contributed by atoms with E-state index in [1.165, 1.54) is 35.2 Å². The second kappa shape index (κ2) is 5.83. The molecule has 104 valence electrons. The standard InChI is InChI=1S/C14H14N2O3S/c1-3-9-6-12(20-8(9)2)13(17)16-10-4-5-11(14(18)19)15-7-10/h4-7H,3H2,1-2H3,(H,16,17)(H,18,19). The summed E-state index contributed by atoms with van der Waals surface area (Å²) in [6.07, 6.45) is 2.23. The van der Waals surface area contributed by atoms with Gasteiger partial charge in [0, 0.05) is 4.88 Å². The maximum Gasteiger partial charge on any atom is 0.354 e. The van der Waals surface area contributed by atoms with Gasteiger partial charge in [-0.2, -0.15) is 0 Å². The van der Waals surface area contributed by atoms with Crippen LogP contribution in [0.4, 0.5) is 5.69 Å². The molecule has 5 nitrogen and oxygen atoms in total. The normalized spacial score (nSPS) is 10.3. The van der Waals surface area contributed by atoms with Crippen molar-refractivity contribution in [2.45, 2.75) is 20.3 Å². The fraction of sp³-hybridized carbons (Fsp3) is 0.214. The van der Waals surface area contributed by atoms with E-state index < -0.39 is 5.97 Å². The Morgan fingerprint density at radius 3 is 2.65 bits per heavy atom. The van der Waals surface area contributed by atoms with Gasteiger partial charge in [0.05, 0.1) is 16.8 Å². The van der Waals surface area contributed by atoms with E-state index in [1.807, 2.05) is 19.9 Å². The first-order valence-electron chi connectivity index (χ1n) is 6.11. The lowest BCUT2D eigenvalue weighted by Crippen LogP contribution is -2.11. The molecule has 0 radical (unpaired) electrons. The number of amides is 1. The number of thiophene rings is 1. The van der Waals surface area contributed by atoms with Crippen molar-refractivity contribution in [2.24, 2.45) is 0 Å². The molecule has 2 N–H and O–H groups in total. The molecule has 0 saturated heterocycles. The number of hydrogen-bond donors (Lipinski definition) is 2. The number of carboxylic acids is 1. The van der Waals surface area contributed by atoms with Crippen LogP contribution in [-0.4, -0.2) is 22.0 Å². The SMILES string of the molecule is CCc1cc(C(=O)Nc2ccc(C(=O)O)nc2)sc1C. The number of anilines is 1. The molecule has 0 aliphatic carbocycles. The third kappa shape index (κ3) is 3.03. The average molecular weight is 290 g/mol. The van der Waals surface area contributed by atoms with Gasteiger partial charge in [-0.05, 0) is 37.1 Å².